The van der Waals surface area contributed by atoms with Crippen LogP contribution in [0.25, 0.3) is 0 Å². The minimum atomic E-state index is -0.528. The predicted molar refractivity (Wildman–Crippen MR) is 52.3 cm³/mol. The minimum absolute atomic E-state index is 0.408. The average molecular weight is 200 g/mol. The maximum Gasteiger partial charge on any atom is 0.0885 e. The maximum atomic E-state index is 9.59. The Hall–Kier alpha value is -1.11. The molecule has 1 heterocycles. The van der Waals surface area contributed by atoms with Crippen molar-refractivity contribution in [3.63, 3.8) is 0 Å². The number of aliphatic hydroxyl groups excluding tert-OH is 1. The Morgan fingerprint density at radius 2 is 2.50 bits per heavy atom. The number of nitrogen functional groups attached to an aromatic ring is 1. The highest BCUT2D eigenvalue weighted by molar-refractivity contribution is 5.30. The van der Waals surface area contributed by atoms with Crippen molar-refractivity contribution in [1.82, 2.24) is 14.8 Å². The van der Waals surface area contributed by atoms with E-state index in [1.54, 1.807) is 36.3 Å². The second kappa shape index (κ2) is 4.94. The molecular formula is C8H16N4O2. The van der Waals surface area contributed by atoms with Crippen LogP contribution in [-0.4, -0.2) is 46.8 Å². The van der Waals surface area contributed by atoms with Gasteiger partial charge in [-0.3, -0.25) is 4.68 Å². The quantitative estimate of drug-likeness (QED) is 0.616. The molecule has 6 nitrogen and oxygen atoms in total. The summed E-state index contributed by atoms with van der Waals surface area (Å²) in [5, 5.41) is 15.1. The normalized spacial score (nSPS) is 13.4. The predicted octanol–water partition coefficient (Wildman–Crippen LogP) is -0.681. The number of aliphatic hydroxyl groups is 1. The van der Waals surface area contributed by atoms with Crippen LogP contribution in [0.3, 0.4) is 0 Å². The fourth-order valence-electron chi connectivity index (χ4n) is 1.12. The van der Waals surface area contributed by atoms with Gasteiger partial charge in [0.2, 0.25) is 0 Å². The van der Waals surface area contributed by atoms with Crippen molar-refractivity contribution < 1.29 is 9.94 Å². The molecule has 1 unspecified atom stereocenters. The minimum Gasteiger partial charge on any atom is -0.396 e. The van der Waals surface area contributed by atoms with Crippen LogP contribution in [0, 0.1) is 0 Å². The van der Waals surface area contributed by atoms with Crippen molar-refractivity contribution >= 4 is 5.69 Å². The first kappa shape index (κ1) is 11.0. The number of nitrogens with zero attached hydrogens (tertiary/aromatic N) is 3. The van der Waals surface area contributed by atoms with Gasteiger partial charge in [-0.25, -0.2) is 0 Å². The van der Waals surface area contributed by atoms with E-state index in [9.17, 15) is 5.11 Å². The topological polar surface area (TPSA) is 76.5 Å². The number of hydrogen-bond donors (Lipinski definition) is 2. The Labute approximate surface area is 82.8 Å². The molecule has 0 aliphatic rings. The Kier molecular flexibility index (Phi) is 3.87. The maximum absolute atomic E-state index is 9.59. The van der Waals surface area contributed by atoms with E-state index < -0.39 is 6.10 Å². The van der Waals surface area contributed by atoms with Gasteiger partial charge in [-0.05, 0) is 0 Å². The molecule has 0 bridgehead atoms. The highest BCUT2D eigenvalue weighted by atomic mass is 16.7. The summed E-state index contributed by atoms with van der Waals surface area (Å²) in [6.07, 6.45) is 2.70. The molecule has 1 atom stereocenters. The van der Waals surface area contributed by atoms with Crippen LogP contribution in [-0.2, 0) is 11.4 Å². The average Bonchev–Trinajstić information content (AvgIpc) is 2.50. The van der Waals surface area contributed by atoms with Crippen LogP contribution < -0.4 is 5.73 Å². The lowest BCUT2D eigenvalue weighted by molar-refractivity contribution is -0.129. The highest BCUT2D eigenvalue weighted by Crippen LogP contribution is 2.00. The van der Waals surface area contributed by atoms with Gasteiger partial charge in [0.1, 0.15) is 0 Å². The van der Waals surface area contributed by atoms with Crippen LogP contribution in [0.15, 0.2) is 12.4 Å². The summed E-state index contributed by atoms with van der Waals surface area (Å²) in [6, 6.07) is 0. The van der Waals surface area contributed by atoms with Crippen LogP contribution in [0.1, 0.15) is 0 Å². The van der Waals surface area contributed by atoms with Gasteiger partial charge >= 0.3 is 0 Å². The van der Waals surface area contributed by atoms with Gasteiger partial charge in [0, 0.05) is 13.2 Å². The van der Waals surface area contributed by atoms with Gasteiger partial charge in [-0.2, -0.15) is 10.2 Å². The lowest BCUT2D eigenvalue weighted by atomic mass is 10.3. The number of aromatic nitrogens is 2. The lowest BCUT2D eigenvalue weighted by Crippen LogP contribution is -2.31. The van der Waals surface area contributed by atoms with Gasteiger partial charge < -0.3 is 15.7 Å². The molecule has 0 aliphatic carbocycles. The molecule has 0 spiro atoms. The fourth-order valence-corrected chi connectivity index (χ4v) is 1.12. The zero-order valence-electron chi connectivity index (χ0n) is 8.42. The molecule has 0 fully saturated rings. The van der Waals surface area contributed by atoms with Crippen molar-refractivity contribution in [2.24, 2.45) is 0 Å². The standard InChI is InChI=1S/C8H16N4O2/c1-11(14-2)5-8(13)6-12-4-7(9)3-10-12/h3-4,8,13H,5-6,9H2,1-2H3. The van der Waals surface area contributed by atoms with Gasteiger partial charge in [-0.1, -0.05) is 0 Å². The van der Waals surface area contributed by atoms with Crippen LogP contribution in [0.4, 0.5) is 5.69 Å². The van der Waals surface area contributed by atoms with E-state index in [2.05, 4.69) is 5.10 Å². The highest BCUT2D eigenvalue weighted by Gasteiger charge is 2.08. The Bertz CT molecular complexity index is 276. The molecule has 14 heavy (non-hydrogen) atoms. The zero-order chi connectivity index (χ0) is 10.6. The van der Waals surface area contributed by atoms with Crippen molar-refractivity contribution in [2.75, 3.05) is 26.4 Å². The van der Waals surface area contributed by atoms with E-state index in [1.807, 2.05) is 0 Å². The number of likely N-dealkylation sites (N-methyl/N-ethyl adjacent to an activating group) is 1. The zero-order valence-corrected chi connectivity index (χ0v) is 8.42. The molecule has 0 saturated heterocycles. The SMILES string of the molecule is CON(C)CC(O)Cn1cc(N)cn1. The Morgan fingerprint density at radius 1 is 1.79 bits per heavy atom. The van der Waals surface area contributed by atoms with Crippen molar-refractivity contribution in [3.8, 4) is 0 Å². The number of anilines is 1. The Balaban J connectivity index is 2.37. The number of rotatable bonds is 5. The van der Waals surface area contributed by atoms with E-state index >= 15 is 0 Å². The first-order valence-electron chi connectivity index (χ1n) is 4.33. The van der Waals surface area contributed by atoms with Crippen molar-refractivity contribution in [2.45, 2.75) is 12.6 Å². The summed E-state index contributed by atoms with van der Waals surface area (Å²) in [6.45, 7) is 0.834. The van der Waals surface area contributed by atoms with Gasteiger partial charge in [-0.15, -0.1) is 0 Å². The molecule has 80 valence electrons. The van der Waals surface area contributed by atoms with Gasteiger partial charge in [0.25, 0.3) is 0 Å². The summed E-state index contributed by atoms with van der Waals surface area (Å²) >= 11 is 0. The second-order valence-corrected chi connectivity index (χ2v) is 3.14. The van der Waals surface area contributed by atoms with Crippen molar-refractivity contribution in [3.05, 3.63) is 12.4 Å². The number of nitrogens with two attached hydrogens (primary N) is 1. The number of hydroxylamine groups is 2. The summed E-state index contributed by atoms with van der Waals surface area (Å²) in [4.78, 5) is 4.88. The van der Waals surface area contributed by atoms with Gasteiger partial charge in [0.05, 0.1) is 38.2 Å². The third-order valence-electron chi connectivity index (χ3n) is 1.83. The number of hydrogen-bond acceptors (Lipinski definition) is 5. The summed E-state index contributed by atoms with van der Waals surface area (Å²) in [5.74, 6) is 0. The van der Waals surface area contributed by atoms with Gasteiger partial charge in [0.15, 0.2) is 0 Å². The largest absolute Gasteiger partial charge is 0.396 e. The third-order valence-corrected chi connectivity index (χ3v) is 1.83. The van der Waals surface area contributed by atoms with E-state index in [1.165, 1.54) is 0 Å². The van der Waals surface area contributed by atoms with E-state index in [0.29, 0.717) is 18.8 Å². The molecule has 3 N–H and O–H groups in total. The van der Waals surface area contributed by atoms with Crippen LogP contribution in [0.2, 0.25) is 0 Å². The van der Waals surface area contributed by atoms with Crippen LogP contribution >= 0.6 is 0 Å². The third kappa shape index (κ3) is 3.33. The molecule has 6 heteroatoms. The molecule has 1 aromatic heterocycles. The summed E-state index contributed by atoms with van der Waals surface area (Å²) in [7, 11) is 3.30. The summed E-state index contributed by atoms with van der Waals surface area (Å²) in [5.41, 5.74) is 6.08. The van der Waals surface area contributed by atoms with Crippen molar-refractivity contribution in [1.29, 1.82) is 0 Å². The molecule has 1 aromatic rings. The first-order chi connectivity index (χ1) is 6.61. The summed E-state index contributed by atoms with van der Waals surface area (Å²) < 4.78 is 1.60. The molecular weight excluding hydrogens is 184 g/mol. The van der Waals surface area contributed by atoms with E-state index in [-0.39, 0.29) is 0 Å². The molecule has 0 saturated carbocycles. The van der Waals surface area contributed by atoms with Crippen LogP contribution in [0.5, 0.6) is 0 Å². The molecule has 0 amide bonds. The van der Waals surface area contributed by atoms with E-state index in [0.717, 1.165) is 0 Å². The Morgan fingerprint density at radius 3 is 3.00 bits per heavy atom. The smallest absolute Gasteiger partial charge is 0.0885 e. The first-order valence-corrected chi connectivity index (χ1v) is 4.33. The lowest BCUT2D eigenvalue weighted by Gasteiger charge is -2.17. The monoisotopic (exact) mass is 200 g/mol. The molecule has 0 radical (unpaired) electrons. The molecule has 0 aliphatic heterocycles. The second-order valence-electron chi connectivity index (χ2n) is 3.14. The molecule has 0 aromatic carbocycles. The fraction of sp³-hybridized carbons (Fsp3) is 0.625. The van der Waals surface area contributed by atoms with E-state index in [4.69, 9.17) is 10.6 Å². The molecule has 1 rings (SSSR count).